The lowest BCUT2D eigenvalue weighted by atomic mass is 9.93. The summed E-state index contributed by atoms with van der Waals surface area (Å²) >= 11 is 5.61. The second-order valence-electron chi connectivity index (χ2n) is 3.36. The van der Waals surface area contributed by atoms with Crippen molar-refractivity contribution in [2.45, 2.75) is 37.8 Å². The molecule has 0 aliphatic heterocycles. The molecule has 0 unspecified atom stereocenters. The Labute approximate surface area is 78.6 Å². The highest BCUT2D eigenvalue weighted by Gasteiger charge is 2.21. The second-order valence-corrected chi connectivity index (χ2v) is 3.89. The van der Waals surface area contributed by atoms with E-state index in [0.29, 0.717) is 11.6 Å². The van der Waals surface area contributed by atoms with Crippen LogP contribution in [0.2, 0.25) is 0 Å². The first-order valence-corrected chi connectivity index (χ1v) is 4.82. The molecule has 1 aliphatic carbocycles. The summed E-state index contributed by atoms with van der Waals surface area (Å²) in [6, 6.07) is 0.217. The van der Waals surface area contributed by atoms with E-state index in [2.05, 4.69) is 11.9 Å². The van der Waals surface area contributed by atoms with Crippen LogP contribution in [0.25, 0.3) is 0 Å². The summed E-state index contributed by atoms with van der Waals surface area (Å²) in [7, 11) is 0. The third kappa shape index (κ3) is 3.13. The van der Waals surface area contributed by atoms with Gasteiger partial charge in [-0.3, -0.25) is 0 Å². The van der Waals surface area contributed by atoms with Gasteiger partial charge in [0.25, 0.3) is 0 Å². The number of halogens is 1. The summed E-state index contributed by atoms with van der Waals surface area (Å²) in [4.78, 5) is 0. The van der Waals surface area contributed by atoms with Gasteiger partial charge in [-0.25, -0.2) is 0 Å². The average molecular weight is 190 g/mol. The van der Waals surface area contributed by atoms with E-state index < -0.39 is 0 Å². The monoisotopic (exact) mass is 189 g/mol. The van der Waals surface area contributed by atoms with Crippen LogP contribution in [0.15, 0.2) is 11.6 Å². The molecular weight excluding hydrogens is 174 g/mol. The van der Waals surface area contributed by atoms with Crippen molar-refractivity contribution in [3.8, 4) is 0 Å². The summed E-state index contributed by atoms with van der Waals surface area (Å²) in [6.07, 6.45) is 4.09. The molecular formula is C9H16ClNO. The molecule has 0 spiro atoms. The lowest BCUT2D eigenvalue weighted by Gasteiger charge is -2.28. The van der Waals surface area contributed by atoms with E-state index in [1.807, 2.05) is 0 Å². The van der Waals surface area contributed by atoms with Crippen molar-refractivity contribution >= 4 is 11.6 Å². The standard InChI is InChI=1S/C9H16ClNO/c1-7(10)6-11-8-4-2-3-5-9(8)12/h8-9,11-12H,1-6H2/t8-,9-/m1/s1. The first kappa shape index (κ1) is 10.0. The molecule has 0 aromatic carbocycles. The fourth-order valence-corrected chi connectivity index (χ4v) is 1.67. The van der Waals surface area contributed by atoms with Gasteiger partial charge in [0.05, 0.1) is 6.10 Å². The fraction of sp³-hybridized carbons (Fsp3) is 0.778. The minimum absolute atomic E-state index is 0.199. The van der Waals surface area contributed by atoms with Gasteiger partial charge in [0, 0.05) is 17.6 Å². The van der Waals surface area contributed by atoms with Crippen LogP contribution in [-0.4, -0.2) is 23.8 Å². The van der Waals surface area contributed by atoms with E-state index in [1.54, 1.807) is 0 Å². The smallest absolute Gasteiger partial charge is 0.0693 e. The van der Waals surface area contributed by atoms with Crippen molar-refractivity contribution in [3.63, 3.8) is 0 Å². The second kappa shape index (κ2) is 4.85. The van der Waals surface area contributed by atoms with Crippen molar-refractivity contribution in [3.05, 3.63) is 11.6 Å². The minimum Gasteiger partial charge on any atom is -0.392 e. The Morgan fingerprint density at radius 2 is 2.17 bits per heavy atom. The number of hydrogen-bond acceptors (Lipinski definition) is 2. The Bertz CT molecular complexity index is 161. The van der Waals surface area contributed by atoms with E-state index in [9.17, 15) is 5.11 Å². The SMILES string of the molecule is C=C(Cl)CN[C@@H]1CCCC[C@H]1O. The zero-order chi connectivity index (χ0) is 8.97. The van der Waals surface area contributed by atoms with Crippen molar-refractivity contribution < 1.29 is 5.11 Å². The quantitative estimate of drug-likeness (QED) is 0.708. The number of nitrogens with one attached hydrogen (secondary N) is 1. The largest absolute Gasteiger partial charge is 0.392 e. The summed E-state index contributed by atoms with van der Waals surface area (Å²) in [5, 5.41) is 13.3. The molecule has 12 heavy (non-hydrogen) atoms. The van der Waals surface area contributed by atoms with Crippen LogP contribution in [0.1, 0.15) is 25.7 Å². The molecule has 0 aromatic rings. The number of rotatable bonds is 3. The molecule has 2 nitrogen and oxygen atoms in total. The van der Waals surface area contributed by atoms with Crippen molar-refractivity contribution in [1.82, 2.24) is 5.32 Å². The van der Waals surface area contributed by atoms with E-state index in [0.717, 1.165) is 19.3 Å². The van der Waals surface area contributed by atoms with E-state index >= 15 is 0 Å². The molecule has 0 bridgehead atoms. The molecule has 1 saturated carbocycles. The molecule has 1 fully saturated rings. The van der Waals surface area contributed by atoms with Crippen LogP contribution in [-0.2, 0) is 0 Å². The molecule has 70 valence electrons. The van der Waals surface area contributed by atoms with Gasteiger partial charge in [0.2, 0.25) is 0 Å². The highest BCUT2D eigenvalue weighted by Crippen LogP contribution is 2.18. The van der Waals surface area contributed by atoms with Crippen LogP contribution in [0.4, 0.5) is 0 Å². The summed E-state index contributed by atoms with van der Waals surface area (Å²) < 4.78 is 0. The first-order valence-electron chi connectivity index (χ1n) is 4.45. The van der Waals surface area contributed by atoms with Crippen LogP contribution in [0.3, 0.4) is 0 Å². The van der Waals surface area contributed by atoms with Crippen LogP contribution in [0.5, 0.6) is 0 Å². The molecule has 0 saturated heterocycles. The van der Waals surface area contributed by atoms with Gasteiger partial charge in [-0.05, 0) is 12.8 Å². The molecule has 0 heterocycles. The maximum Gasteiger partial charge on any atom is 0.0693 e. The predicted octanol–water partition coefficient (Wildman–Crippen LogP) is 1.63. The molecule has 0 amide bonds. The summed E-state index contributed by atoms with van der Waals surface area (Å²) in [6.45, 7) is 4.19. The lowest BCUT2D eigenvalue weighted by molar-refractivity contribution is 0.0927. The third-order valence-corrected chi connectivity index (χ3v) is 2.42. The zero-order valence-electron chi connectivity index (χ0n) is 7.22. The van der Waals surface area contributed by atoms with Gasteiger partial charge in [-0.1, -0.05) is 31.0 Å². The maximum absolute atomic E-state index is 9.55. The highest BCUT2D eigenvalue weighted by atomic mass is 35.5. The van der Waals surface area contributed by atoms with E-state index in [1.165, 1.54) is 6.42 Å². The average Bonchev–Trinajstić information content (AvgIpc) is 2.03. The number of hydrogen-bond donors (Lipinski definition) is 2. The van der Waals surface area contributed by atoms with Crippen LogP contribution < -0.4 is 5.32 Å². The highest BCUT2D eigenvalue weighted by molar-refractivity contribution is 6.29. The van der Waals surface area contributed by atoms with Crippen LogP contribution in [0, 0.1) is 0 Å². The molecule has 0 aromatic heterocycles. The van der Waals surface area contributed by atoms with Crippen molar-refractivity contribution in [2.24, 2.45) is 0 Å². The Morgan fingerprint density at radius 3 is 2.75 bits per heavy atom. The Kier molecular flexibility index (Phi) is 4.06. The molecule has 1 rings (SSSR count). The van der Waals surface area contributed by atoms with Gasteiger partial charge in [0.1, 0.15) is 0 Å². The molecule has 1 aliphatic rings. The Hall–Kier alpha value is -0.0500. The third-order valence-electron chi connectivity index (χ3n) is 2.29. The number of aliphatic hydroxyl groups is 1. The predicted molar refractivity (Wildman–Crippen MR) is 51.3 cm³/mol. The zero-order valence-corrected chi connectivity index (χ0v) is 7.98. The Balaban J connectivity index is 2.24. The number of aliphatic hydroxyl groups excluding tert-OH is 1. The maximum atomic E-state index is 9.55. The molecule has 3 heteroatoms. The van der Waals surface area contributed by atoms with Gasteiger partial charge in [-0.2, -0.15) is 0 Å². The van der Waals surface area contributed by atoms with Gasteiger partial charge in [-0.15, -0.1) is 0 Å². The topological polar surface area (TPSA) is 32.3 Å². The molecule has 0 radical (unpaired) electrons. The van der Waals surface area contributed by atoms with E-state index in [-0.39, 0.29) is 12.1 Å². The van der Waals surface area contributed by atoms with Crippen molar-refractivity contribution in [1.29, 1.82) is 0 Å². The lowest BCUT2D eigenvalue weighted by Crippen LogP contribution is -2.42. The molecule has 2 atom stereocenters. The van der Waals surface area contributed by atoms with Crippen molar-refractivity contribution in [2.75, 3.05) is 6.54 Å². The van der Waals surface area contributed by atoms with E-state index in [4.69, 9.17) is 11.6 Å². The first-order chi connectivity index (χ1) is 5.70. The molecule has 2 N–H and O–H groups in total. The van der Waals surface area contributed by atoms with Gasteiger partial charge in [0.15, 0.2) is 0 Å². The van der Waals surface area contributed by atoms with Gasteiger partial charge < -0.3 is 10.4 Å². The van der Waals surface area contributed by atoms with Gasteiger partial charge >= 0.3 is 0 Å². The fourth-order valence-electron chi connectivity index (χ4n) is 1.59. The minimum atomic E-state index is -0.199. The summed E-state index contributed by atoms with van der Waals surface area (Å²) in [5.41, 5.74) is 0. The normalized spacial score (nSPS) is 30.2. The summed E-state index contributed by atoms with van der Waals surface area (Å²) in [5.74, 6) is 0. The van der Waals surface area contributed by atoms with Crippen LogP contribution >= 0.6 is 11.6 Å². The Morgan fingerprint density at radius 1 is 1.50 bits per heavy atom.